The van der Waals surface area contributed by atoms with Crippen molar-refractivity contribution in [3.05, 3.63) is 6.92 Å². The van der Waals surface area contributed by atoms with Gasteiger partial charge in [-0.25, -0.2) is 0 Å². The number of rotatable bonds is 0. The first-order valence-electron chi connectivity index (χ1n) is 3.49. The third-order valence-electron chi connectivity index (χ3n) is 1.72. The van der Waals surface area contributed by atoms with Gasteiger partial charge in [-0.15, -0.1) is 0 Å². The van der Waals surface area contributed by atoms with E-state index in [0.717, 1.165) is 5.92 Å². The zero-order valence-electron chi connectivity index (χ0n) is 5.91. The van der Waals surface area contributed by atoms with E-state index in [2.05, 4.69) is 20.5 Å². The Morgan fingerprint density at radius 1 is 1.11 bits per heavy atom. The van der Waals surface area contributed by atoms with Gasteiger partial charge in [0.05, 0.1) is 0 Å². The van der Waals surface area contributed by atoms with Crippen LogP contribution in [-0.2, 0) is 16.3 Å². The van der Waals surface area contributed by atoms with Crippen LogP contribution >= 0.6 is 13.6 Å². The van der Waals surface area contributed by atoms with Crippen molar-refractivity contribution in [2.75, 3.05) is 0 Å². The Morgan fingerprint density at radius 3 is 1.78 bits per heavy atom. The number of halogens is 1. The first-order valence-corrected chi connectivity index (χ1v) is 10.4. The summed E-state index contributed by atoms with van der Waals surface area (Å²) >= 11 is 4.25. The molecule has 0 aromatic rings. The van der Waals surface area contributed by atoms with E-state index in [4.69, 9.17) is 0 Å². The van der Waals surface area contributed by atoms with Crippen molar-refractivity contribution in [2.45, 2.75) is 32.1 Å². The molecule has 1 rings (SSSR count). The van der Waals surface area contributed by atoms with Crippen LogP contribution in [0.4, 0.5) is 0 Å². The Balaban J connectivity index is 0.000000291. The molecule has 0 radical (unpaired) electrons. The summed E-state index contributed by atoms with van der Waals surface area (Å²) in [6, 6.07) is 0. The molecule has 0 heterocycles. The van der Waals surface area contributed by atoms with E-state index in [1.165, 1.54) is 48.4 Å². The Bertz CT molecular complexity index is 50.9. The van der Waals surface area contributed by atoms with Crippen molar-refractivity contribution in [2.24, 2.45) is 5.92 Å². The number of hydrogen-bond donors (Lipinski definition) is 0. The molecule has 0 spiro atoms. The fraction of sp³-hybridized carbons (Fsp3) is 0.857. The second kappa shape index (κ2) is 7.21. The SMILES string of the molecule is [CH2-]C1CCCCC1.[Zn+][Br]. The Kier molecular flexibility index (Phi) is 8.10. The van der Waals surface area contributed by atoms with Crippen LogP contribution in [0.5, 0.6) is 0 Å². The van der Waals surface area contributed by atoms with Crippen molar-refractivity contribution in [1.82, 2.24) is 0 Å². The maximum atomic E-state index is 4.00. The first kappa shape index (κ1) is 10.1. The van der Waals surface area contributed by atoms with E-state index < -0.39 is 0 Å². The summed E-state index contributed by atoms with van der Waals surface area (Å²) in [6.07, 6.45) is 7.05. The summed E-state index contributed by atoms with van der Waals surface area (Å²) in [5.41, 5.74) is 0. The first-order chi connectivity index (χ1) is 4.39. The van der Waals surface area contributed by atoms with Crippen molar-refractivity contribution < 1.29 is 16.3 Å². The topological polar surface area (TPSA) is 0 Å². The van der Waals surface area contributed by atoms with Gasteiger partial charge in [0.25, 0.3) is 0 Å². The van der Waals surface area contributed by atoms with Crippen LogP contribution in [0.2, 0.25) is 0 Å². The van der Waals surface area contributed by atoms with Gasteiger partial charge < -0.3 is 6.92 Å². The molecule has 1 aliphatic rings. The average molecular weight is 242 g/mol. The van der Waals surface area contributed by atoms with E-state index >= 15 is 0 Å². The van der Waals surface area contributed by atoms with Crippen molar-refractivity contribution >= 4 is 13.6 Å². The predicted octanol–water partition coefficient (Wildman–Crippen LogP) is 3.24. The normalized spacial score (nSPS) is 20.4. The van der Waals surface area contributed by atoms with Gasteiger partial charge in [-0.3, -0.25) is 0 Å². The zero-order chi connectivity index (χ0) is 7.11. The van der Waals surface area contributed by atoms with Crippen molar-refractivity contribution in [3.8, 4) is 0 Å². The van der Waals surface area contributed by atoms with E-state index in [1.54, 1.807) is 0 Å². The van der Waals surface area contributed by atoms with Gasteiger partial charge in [0.2, 0.25) is 0 Å². The van der Waals surface area contributed by atoms with Gasteiger partial charge in [-0.05, 0) is 0 Å². The third kappa shape index (κ3) is 5.54. The monoisotopic (exact) mass is 240 g/mol. The summed E-state index contributed by atoms with van der Waals surface area (Å²) in [5.74, 6) is 0.786. The summed E-state index contributed by atoms with van der Waals surface area (Å²) < 4.78 is 0. The van der Waals surface area contributed by atoms with Crippen LogP contribution in [0, 0.1) is 12.8 Å². The summed E-state index contributed by atoms with van der Waals surface area (Å²) in [6.45, 7) is 4.00. The van der Waals surface area contributed by atoms with Gasteiger partial charge >= 0.3 is 30.0 Å². The Hall–Kier alpha value is 1.10. The molecule has 0 amide bonds. The van der Waals surface area contributed by atoms with E-state index in [-0.39, 0.29) is 0 Å². The van der Waals surface area contributed by atoms with E-state index in [9.17, 15) is 0 Å². The van der Waals surface area contributed by atoms with Crippen molar-refractivity contribution in [3.63, 3.8) is 0 Å². The predicted molar refractivity (Wildman–Crippen MR) is 40.9 cm³/mol. The number of hydrogen-bond acceptors (Lipinski definition) is 0. The van der Waals surface area contributed by atoms with Crippen molar-refractivity contribution in [1.29, 1.82) is 0 Å². The van der Waals surface area contributed by atoms with Crippen LogP contribution in [0.25, 0.3) is 0 Å². The van der Waals surface area contributed by atoms with E-state index in [1.807, 2.05) is 0 Å². The van der Waals surface area contributed by atoms with Crippen LogP contribution in [0.1, 0.15) is 32.1 Å². The summed E-state index contributed by atoms with van der Waals surface area (Å²) in [5, 5.41) is 0. The van der Waals surface area contributed by atoms with Gasteiger partial charge in [-0.1, -0.05) is 32.1 Å². The molecule has 1 saturated carbocycles. The molecule has 1 fully saturated rings. The Morgan fingerprint density at radius 2 is 1.56 bits per heavy atom. The molecular weight excluding hydrogens is 229 g/mol. The minimum absolute atomic E-state index is 0.786. The van der Waals surface area contributed by atoms with E-state index in [0.29, 0.717) is 0 Å². The van der Waals surface area contributed by atoms with Gasteiger partial charge in [0.15, 0.2) is 0 Å². The molecule has 0 atom stereocenters. The molecule has 50 valence electrons. The van der Waals surface area contributed by atoms with Crippen LogP contribution in [0.3, 0.4) is 0 Å². The molecule has 0 aromatic carbocycles. The molecule has 0 aromatic heterocycles. The molecule has 2 heteroatoms. The molecular formula is C7H13BrZn. The molecule has 1 aliphatic carbocycles. The molecule has 0 unspecified atom stereocenters. The van der Waals surface area contributed by atoms with Crippen LogP contribution < -0.4 is 0 Å². The zero-order valence-corrected chi connectivity index (χ0v) is 10.5. The molecule has 9 heavy (non-hydrogen) atoms. The minimum atomic E-state index is 0.786. The quantitative estimate of drug-likeness (QED) is 0.452. The van der Waals surface area contributed by atoms with Gasteiger partial charge in [-0.2, -0.15) is 5.92 Å². The molecule has 0 N–H and O–H groups in total. The Labute approximate surface area is 74.8 Å². The third-order valence-corrected chi connectivity index (χ3v) is 1.72. The standard InChI is InChI=1S/C7H13.BrH.Zn/c1-7-5-3-2-4-6-7;;/h7H,1-6H2;1H;/q-1;;+2/p-1. The fourth-order valence-electron chi connectivity index (χ4n) is 1.19. The molecule has 0 aliphatic heterocycles. The molecule has 0 saturated heterocycles. The summed E-state index contributed by atoms with van der Waals surface area (Å²) in [4.78, 5) is 0. The fourth-order valence-corrected chi connectivity index (χ4v) is 1.19. The van der Waals surface area contributed by atoms with Crippen LogP contribution in [-0.4, -0.2) is 0 Å². The molecule has 0 bridgehead atoms. The second-order valence-electron chi connectivity index (χ2n) is 2.50. The van der Waals surface area contributed by atoms with Crippen LogP contribution in [0.15, 0.2) is 0 Å². The second-order valence-corrected chi connectivity index (χ2v) is 2.50. The molecule has 0 nitrogen and oxygen atoms in total. The summed E-state index contributed by atoms with van der Waals surface area (Å²) in [7, 11) is 0. The maximum absolute atomic E-state index is 4.00. The van der Waals surface area contributed by atoms with Gasteiger partial charge in [0.1, 0.15) is 0 Å². The van der Waals surface area contributed by atoms with Gasteiger partial charge in [0, 0.05) is 0 Å². The average Bonchev–Trinajstić information content (AvgIpc) is 1.94.